The predicted octanol–water partition coefficient (Wildman–Crippen LogP) is 1.65. The molecule has 1 aromatic rings. The summed E-state index contributed by atoms with van der Waals surface area (Å²) in [7, 11) is 0. The van der Waals surface area contributed by atoms with Crippen molar-refractivity contribution in [1.29, 1.82) is 0 Å². The number of nitrogens with two attached hydrogens (primary N) is 1. The Labute approximate surface area is 117 Å². The molecule has 1 amide bonds. The summed E-state index contributed by atoms with van der Waals surface area (Å²) < 4.78 is 0. The molecule has 0 saturated heterocycles. The van der Waals surface area contributed by atoms with E-state index in [4.69, 9.17) is 5.73 Å². The maximum atomic E-state index is 11.8. The lowest BCUT2D eigenvalue weighted by molar-refractivity contribution is -0.384. The van der Waals surface area contributed by atoms with E-state index in [2.05, 4.69) is 5.32 Å². The van der Waals surface area contributed by atoms with Gasteiger partial charge in [0, 0.05) is 24.2 Å². The van der Waals surface area contributed by atoms with Crippen LogP contribution in [0.25, 0.3) is 0 Å². The molecule has 19 heavy (non-hydrogen) atoms. The molecule has 0 fully saturated rings. The van der Waals surface area contributed by atoms with Gasteiger partial charge in [-0.1, -0.05) is 6.92 Å². The molecule has 6 nitrogen and oxygen atoms in total. The minimum absolute atomic E-state index is 0. The van der Waals surface area contributed by atoms with Gasteiger partial charge < -0.3 is 11.1 Å². The molecule has 0 aromatic heterocycles. The highest BCUT2D eigenvalue weighted by Crippen LogP contribution is 2.16. The second-order valence-corrected chi connectivity index (χ2v) is 4.31. The Morgan fingerprint density at radius 2 is 2.16 bits per heavy atom. The molecule has 106 valence electrons. The summed E-state index contributed by atoms with van der Waals surface area (Å²) in [6.07, 6.45) is 0. The van der Waals surface area contributed by atoms with Gasteiger partial charge in [0.1, 0.15) is 0 Å². The van der Waals surface area contributed by atoms with Gasteiger partial charge in [0.25, 0.3) is 11.6 Å². The third-order valence-electron chi connectivity index (χ3n) is 2.68. The van der Waals surface area contributed by atoms with Crippen molar-refractivity contribution < 1.29 is 9.72 Å². The van der Waals surface area contributed by atoms with Crippen molar-refractivity contribution in [2.75, 3.05) is 13.1 Å². The van der Waals surface area contributed by atoms with Crippen LogP contribution in [0, 0.1) is 23.0 Å². The van der Waals surface area contributed by atoms with Crippen LogP contribution in [-0.2, 0) is 0 Å². The van der Waals surface area contributed by atoms with Gasteiger partial charge in [-0.2, -0.15) is 0 Å². The van der Waals surface area contributed by atoms with Gasteiger partial charge >= 0.3 is 0 Å². The van der Waals surface area contributed by atoms with E-state index in [1.54, 1.807) is 6.92 Å². The summed E-state index contributed by atoms with van der Waals surface area (Å²) in [6.45, 7) is 4.60. The minimum Gasteiger partial charge on any atom is -0.352 e. The van der Waals surface area contributed by atoms with E-state index in [1.807, 2.05) is 6.92 Å². The van der Waals surface area contributed by atoms with Gasteiger partial charge in [0.05, 0.1) is 4.92 Å². The first-order valence-corrected chi connectivity index (χ1v) is 5.69. The largest absolute Gasteiger partial charge is 0.352 e. The zero-order valence-corrected chi connectivity index (χ0v) is 11.7. The number of nitro groups is 1. The molecule has 3 N–H and O–H groups in total. The average Bonchev–Trinajstić information content (AvgIpc) is 2.35. The van der Waals surface area contributed by atoms with Gasteiger partial charge in [-0.3, -0.25) is 14.9 Å². The topological polar surface area (TPSA) is 98.3 Å². The number of halogens is 1. The normalized spacial score (nSPS) is 11.3. The predicted molar refractivity (Wildman–Crippen MR) is 75.6 cm³/mol. The summed E-state index contributed by atoms with van der Waals surface area (Å²) in [5.74, 6) is -0.0324. The molecule has 0 aliphatic heterocycles. The summed E-state index contributed by atoms with van der Waals surface area (Å²) >= 11 is 0. The number of benzene rings is 1. The van der Waals surface area contributed by atoms with E-state index in [0.29, 0.717) is 24.2 Å². The van der Waals surface area contributed by atoms with Crippen molar-refractivity contribution in [3.05, 3.63) is 39.4 Å². The molecule has 0 radical (unpaired) electrons. The Balaban J connectivity index is 0.00000324. The van der Waals surface area contributed by atoms with E-state index < -0.39 is 4.92 Å². The number of hydrogen-bond donors (Lipinski definition) is 2. The quantitative estimate of drug-likeness (QED) is 0.635. The lowest BCUT2D eigenvalue weighted by Gasteiger charge is -2.11. The molecule has 0 heterocycles. The molecular formula is C12H18ClN3O3. The zero-order valence-electron chi connectivity index (χ0n) is 10.9. The van der Waals surface area contributed by atoms with Crippen molar-refractivity contribution in [3.63, 3.8) is 0 Å². The maximum absolute atomic E-state index is 11.8. The summed E-state index contributed by atoms with van der Waals surface area (Å²) in [4.78, 5) is 21.9. The molecule has 0 spiro atoms. The molecule has 0 bridgehead atoms. The molecule has 1 atom stereocenters. The summed E-state index contributed by atoms with van der Waals surface area (Å²) in [6, 6.07) is 4.19. The third kappa shape index (κ3) is 4.84. The third-order valence-corrected chi connectivity index (χ3v) is 2.68. The molecular weight excluding hydrogens is 270 g/mol. The fraction of sp³-hybridized carbons (Fsp3) is 0.417. The first kappa shape index (κ1) is 17.3. The lowest BCUT2D eigenvalue weighted by atomic mass is 10.1. The van der Waals surface area contributed by atoms with E-state index in [-0.39, 0.29) is 29.9 Å². The second-order valence-electron chi connectivity index (χ2n) is 4.31. The highest BCUT2D eigenvalue weighted by molar-refractivity contribution is 5.95. The number of rotatable bonds is 5. The molecule has 0 saturated carbocycles. The van der Waals surface area contributed by atoms with E-state index in [0.717, 1.165) is 0 Å². The van der Waals surface area contributed by atoms with Gasteiger partial charge in [-0.05, 0) is 31.0 Å². The fourth-order valence-corrected chi connectivity index (χ4v) is 1.46. The van der Waals surface area contributed by atoms with Gasteiger partial charge in [-0.15, -0.1) is 12.4 Å². The average molecular weight is 288 g/mol. The number of aryl methyl sites for hydroxylation is 1. The first-order valence-electron chi connectivity index (χ1n) is 5.69. The van der Waals surface area contributed by atoms with Crippen molar-refractivity contribution >= 4 is 24.0 Å². The maximum Gasteiger partial charge on any atom is 0.269 e. The summed E-state index contributed by atoms with van der Waals surface area (Å²) in [5, 5.41) is 13.3. The Bertz CT molecular complexity index is 466. The number of hydrogen-bond acceptors (Lipinski definition) is 4. The molecule has 1 rings (SSSR count). The second kappa shape index (κ2) is 7.70. The van der Waals surface area contributed by atoms with Crippen LogP contribution < -0.4 is 11.1 Å². The zero-order chi connectivity index (χ0) is 13.7. The number of nitrogens with zero attached hydrogens (tertiary/aromatic N) is 1. The number of carbonyl (C=O) groups is 1. The number of carbonyl (C=O) groups excluding carboxylic acids is 1. The van der Waals surface area contributed by atoms with Crippen LogP contribution >= 0.6 is 12.4 Å². The number of non-ortho nitro benzene ring substituents is 1. The first-order chi connectivity index (χ1) is 8.45. The van der Waals surface area contributed by atoms with Gasteiger partial charge in [0.15, 0.2) is 0 Å². The van der Waals surface area contributed by atoms with E-state index in [1.165, 1.54) is 18.2 Å². The van der Waals surface area contributed by atoms with Crippen LogP contribution in [-0.4, -0.2) is 23.9 Å². The van der Waals surface area contributed by atoms with Crippen LogP contribution in [0.2, 0.25) is 0 Å². The Kier molecular flexibility index (Phi) is 7.03. The van der Waals surface area contributed by atoms with Gasteiger partial charge in [-0.25, -0.2) is 0 Å². The lowest BCUT2D eigenvalue weighted by Crippen LogP contribution is -2.31. The highest BCUT2D eigenvalue weighted by atomic mass is 35.5. The van der Waals surface area contributed by atoms with Crippen molar-refractivity contribution in [3.8, 4) is 0 Å². The number of amides is 1. The SMILES string of the molecule is Cc1cc([N+](=O)[O-])ccc1C(=O)NCC(C)CN.Cl. The molecule has 7 heteroatoms. The Morgan fingerprint density at radius 1 is 1.53 bits per heavy atom. The smallest absolute Gasteiger partial charge is 0.269 e. The van der Waals surface area contributed by atoms with Crippen LogP contribution in [0.1, 0.15) is 22.8 Å². The van der Waals surface area contributed by atoms with Gasteiger partial charge in [0.2, 0.25) is 0 Å². The highest BCUT2D eigenvalue weighted by Gasteiger charge is 2.13. The van der Waals surface area contributed by atoms with Crippen LogP contribution in [0.4, 0.5) is 5.69 Å². The van der Waals surface area contributed by atoms with E-state index in [9.17, 15) is 14.9 Å². The van der Waals surface area contributed by atoms with Crippen LogP contribution in [0.3, 0.4) is 0 Å². The fourth-order valence-electron chi connectivity index (χ4n) is 1.46. The molecule has 0 aliphatic carbocycles. The van der Waals surface area contributed by atoms with Crippen LogP contribution in [0.15, 0.2) is 18.2 Å². The van der Waals surface area contributed by atoms with Crippen molar-refractivity contribution in [1.82, 2.24) is 5.32 Å². The Hall–Kier alpha value is -1.66. The van der Waals surface area contributed by atoms with Crippen molar-refractivity contribution in [2.24, 2.45) is 11.7 Å². The van der Waals surface area contributed by atoms with Crippen LogP contribution in [0.5, 0.6) is 0 Å². The summed E-state index contributed by atoms with van der Waals surface area (Å²) in [5.41, 5.74) is 6.47. The Morgan fingerprint density at radius 3 is 2.63 bits per heavy atom. The minimum atomic E-state index is -0.481. The molecule has 0 aliphatic rings. The standard InChI is InChI=1S/C12H17N3O3.ClH/c1-8(6-13)7-14-12(16)11-4-3-10(15(17)18)5-9(11)2;/h3-5,8H,6-7,13H2,1-2H3,(H,14,16);1H. The molecule has 1 unspecified atom stereocenters. The number of nitro benzene ring substituents is 1. The number of nitrogens with one attached hydrogen (secondary N) is 1. The van der Waals surface area contributed by atoms with Crippen molar-refractivity contribution in [2.45, 2.75) is 13.8 Å². The van der Waals surface area contributed by atoms with E-state index >= 15 is 0 Å². The molecule has 1 aromatic carbocycles. The monoisotopic (exact) mass is 287 g/mol.